The molecule has 4 nitrogen and oxygen atoms in total. The summed E-state index contributed by atoms with van der Waals surface area (Å²) in [5, 5.41) is 2.10. The fraction of sp³-hybridized carbons (Fsp3) is 0.368. The summed E-state index contributed by atoms with van der Waals surface area (Å²) in [6.45, 7) is 5.74. The summed E-state index contributed by atoms with van der Waals surface area (Å²) < 4.78 is 10.6. The molecule has 0 aromatic heterocycles. The maximum atomic E-state index is 12.1. The minimum Gasteiger partial charge on any atom is -0.462 e. The number of carbonyl (C=O) groups excluding carboxylic acids is 2. The summed E-state index contributed by atoms with van der Waals surface area (Å²) in [6, 6.07) is 8.76. The van der Waals surface area contributed by atoms with Crippen LogP contribution in [0.4, 0.5) is 0 Å². The highest BCUT2D eigenvalue weighted by molar-refractivity contribution is 6.40. The summed E-state index contributed by atoms with van der Waals surface area (Å²) >= 11 is 12.3. The molecule has 0 aliphatic heterocycles. The highest BCUT2D eigenvalue weighted by atomic mass is 35.5. The number of fused-ring (bicyclic) bond motifs is 1. The number of carbonyl (C=O) groups is 2. The summed E-state index contributed by atoms with van der Waals surface area (Å²) in [7, 11) is 0. The van der Waals surface area contributed by atoms with Crippen LogP contribution in [0, 0.1) is 5.92 Å². The molecule has 2 aromatic rings. The van der Waals surface area contributed by atoms with Gasteiger partial charge in [-0.3, -0.25) is 9.59 Å². The SMILES string of the molecule is CC(C)C(C)OC(=O)CCC(=O)Oc1c(Cl)cc(Cl)c2ccccc12. The van der Waals surface area contributed by atoms with Crippen LogP contribution >= 0.6 is 23.2 Å². The first-order valence-electron chi connectivity index (χ1n) is 8.06. The van der Waals surface area contributed by atoms with E-state index >= 15 is 0 Å². The highest BCUT2D eigenvalue weighted by Gasteiger charge is 2.18. The molecule has 2 aromatic carbocycles. The van der Waals surface area contributed by atoms with Gasteiger partial charge < -0.3 is 9.47 Å². The molecule has 0 aliphatic carbocycles. The first-order valence-corrected chi connectivity index (χ1v) is 8.82. The molecular formula is C19H20Cl2O4. The topological polar surface area (TPSA) is 52.6 Å². The van der Waals surface area contributed by atoms with Crippen LogP contribution in [0.1, 0.15) is 33.6 Å². The molecule has 0 fully saturated rings. The van der Waals surface area contributed by atoms with Gasteiger partial charge in [-0.2, -0.15) is 0 Å². The van der Waals surface area contributed by atoms with Crippen molar-refractivity contribution in [3.63, 3.8) is 0 Å². The van der Waals surface area contributed by atoms with E-state index in [0.717, 1.165) is 5.39 Å². The second-order valence-corrected chi connectivity index (χ2v) is 6.94. The van der Waals surface area contributed by atoms with Crippen molar-refractivity contribution in [2.24, 2.45) is 5.92 Å². The van der Waals surface area contributed by atoms with E-state index in [2.05, 4.69) is 0 Å². The Hall–Kier alpha value is -1.78. The van der Waals surface area contributed by atoms with Gasteiger partial charge in [0.2, 0.25) is 0 Å². The molecule has 0 spiro atoms. The number of halogens is 2. The molecule has 1 unspecified atom stereocenters. The van der Waals surface area contributed by atoms with Crippen LogP contribution < -0.4 is 4.74 Å². The third-order valence-electron chi connectivity index (χ3n) is 3.90. The molecule has 0 amide bonds. The Labute approximate surface area is 157 Å². The third-order valence-corrected chi connectivity index (χ3v) is 4.50. The first-order chi connectivity index (χ1) is 11.8. The summed E-state index contributed by atoms with van der Waals surface area (Å²) in [6.07, 6.45) is -0.325. The molecule has 0 saturated carbocycles. The van der Waals surface area contributed by atoms with Crippen molar-refractivity contribution in [2.45, 2.75) is 39.7 Å². The van der Waals surface area contributed by atoms with Gasteiger partial charge in [-0.25, -0.2) is 0 Å². The van der Waals surface area contributed by atoms with E-state index < -0.39 is 11.9 Å². The van der Waals surface area contributed by atoms with Gasteiger partial charge in [-0.15, -0.1) is 0 Å². The average molecular weight is 383 g/mol. The fourth-order valence-corrected chi connectivity index (χ4v) is 2.73. The normalized spacial score (nSPS) is 12.2. The number of benzene rings is 2. The van der Waals surface area contributed by atoms with Gasteiger partial charge >= 0.3 is 11.9 Å². The zero-order valence-corrected chi connectivity index (χ0v) is 15.9. The lowest BCUT2D eigenvalue weighted by Gasteiger charge is -2.16. The monoisotopic (exact) mass is 382 g/mol. The van der Waals surface area contributed by atoms with Gasteiger partial charge in [0.25, 0.3) is 0 Å². The van der Waals surface area contributed by atoms with Crippen molar-refractivity contribution >= 4 is 45.9 Å². The maximum Gasteiger partial charge on any atom is 0.311 e. The van der Waals surface area contributed by atoms with Crippen molar-refractivity contribution in [3.8, 4) is 5.75 Å². The Balaban J connectivity index is 2.04. The Bertz CT molecular complexity index is 786. The summed E-state index contributed by atoms with van der Waals surface area (Å²) in [5.41, 5.74) is 0. The van der Waals surface area contributed by atoms with E-state index in [-0.39, 0.29) is 35.6 Å². The van der Waals surface area contributed by atoms with E-state index in [1.54, 1.807) is 12.1 Å². The van der Waals surface area contributed by atoms with Gasteiger partial charge in [0.15, 0.2) is 5.75 Å². The van der Waals surface area contributed by atoms with Crippen LogP contribution in [0.2, 0.25) is 10.0 Å². The molecular weight excluding hydrogens is 363 g/mol. The van der Waals surface area contributed by atoms with Crippen LogP contribution in [0.5, 0.6) is 5.75 Å². The lowest BCUT2D eigenvalue weighted by molar-refractivity contribution is -0.152. The number of esters is 2. The van der Waals surface area contributed by atoms with Crippen LogP contribution in [-0.2, 0) is 14.3 Å². The van der Waals surface area contributed by atoms with Crippen LogP contribution in [0.15, 0.2) is 30.3 Å². The van der Waals surface area contributed by atoms with Crippen LogP contribution in [0.25, 0.3) is 10.8 Å². The molecule has 2 rings (SSSR count). The molecule has 0 N–H and O–H groups in total. The van der Waals surface area contributed by atoms with E-state index in [1.807, 2.05) is 32.9 Å². The number of rotatable bonds is 6. The predicted octanol–water partition coefficient (Wildman–Crippen LogP) is 5.42. The van der Waals surface area contributed by atoms with Crippen molar-refractivity contribution in [3.05, 3.63) is 40.4 Å². The van der Waals surface area contributed by atoms with E-state index in [0.29, 0.717) is 10.4 Å². The van der Waals surface area contributed by atoms with E-state index in [4.69, 9.17) is 32.7 Å². The highest BCUT2D eigenvalue weighted by Crippen LogP contribution is 2.38. The van der Waals surface area contributed by atoms with Crippen molar-refractivity contribution in [1.82, 2.24) is 0 Å². The van der Waals surface area contributed by atoms with Crippen molar-refractivity contribution in [2.75, 3.05) is 0 Å². The second-order valence-electron chi connectivity index (χ2n) is 6.13. The zero-order chi connectivity index (χ0) is 18.6. The molecule has 25 heavy (non-hydrogen) atoms. The summed E-state index contributed by atoms with van der Waals surface area (Å²) in [5.74, 6) is -0.514. The Kier molecular flexibility index (Phi) is 6.68. The Morgan fingerprint density at radius 2 is 1.56 bits per heavy atom. The van der Waals surface area contributed by atoms with Crippen LogP contribution in [-0.4, -0.2) is 18.0 Å². The first kappa shape index (κ1) is 19.5. The zero-order valence-electron chi connectivity index (χ0n) is 14.3. The Morgan fingerprint density at radius 3 is 2.20 bits per heavy atom. The number of hydrogen-bond donors (Lipinski definition) is 0. The third kappa shape index (κ3) is 5.10. The lowest BCUT2D eigenvalue weighted by Crippen LogP contribution is -2.21. The molecule has 134 valence electrons. The number of ether oxygens (including phenoxy) is 2. The van der Waals surface area contributed by atoms with Crippen molar-refractivity contribution in [1.29, 1.82) is 0 Å². The van der Waals surface area contributed by atoms with Crippen LogP contribution in [0.3, 0.4) is 0 Å². The van der Waals surface area contributed by atoms with Gasteiger partial charge in [0, 0.05) is 10.8 Å². The molecule has 0 radical (unpaired) electrons. The molecule has 0 bridgehead atoms. The molecule has 0 heterocycles. The van der Waals surface area contributed by atoms with Gasteiger partial charge in [0.1, 0.15) is 6.10 Å². The minimum absolute atomic E-state index is 0.0426. The standard InChI is InChI=1S/C19H20Cl2O4/c1-11(2)12(3)24-17(22)8-9-18(23)25-19-14-7-5-4-6-13(14)15(20)10-16(19)21/h4-7,10-12H,8-9H2,1-3H3. The largest absolute Gasteiger partial charge is 0.462 e. The molecule has 0 saturated heterocycles. The second kappa shape index (κ2) is 8.54. The van der Waals surface area contributed by atoms with Gasteiger partial charge in [0.05, 0.1) is 22.9 Å². The van der Waals surface area contributed by atoms with Crippen molar-refractivity contribution < 1.29 is 19.1 Å². The predicted molar refractivity (Wildman–Crippen MR) is 99.2 cm³/mol. The molecule has 1 atom stereocenters. The molecule has 0 aliphatic rings. The number of hydrogen-bond acceptors (Lipinski definition) is 4. The maximum absolute atomic E-state index is 12.1. The van der Waals surface area contributed by atoms with Gasteiger partial charge in [-0.1, -0.05) is 61.3 Å². The van der Waals surface area contributed by atoms with E-state index in [9.17, 15) is 9.59 Å². The Morgan fingerprint density at radius 1 is 0.960 bits per heavy atom. The average Bonchev–Trinajstić information content (AvgIpc) is 2.56. The quantitative estimate of drug-likeness (QED) is 0.494. The minimum atomic E-state index is -0.552. The smallest absolute Gasteiger partial charge is 0.311 e. The van der Waals surface area contributed by atoms with Gasteiger partial charge in [-0.05, 0) is 18.9 Å². The fourth-order valence-electron chi connectivity index (χ4n) is 2.15. The molecule has 6 heteroatoms. The lowest BCUT2D eigenvalue weighted by atomic mass is 10.1. The van der Waals surface area contributed by atoms with E-state index in [1.165, 1.54) is 6.07 Å². The summed E-state index contributed by atoms with van der Waals surface area (Å²) in [4.78, 5) is 23.9.